The van der Waals surface area contributed by atoms with E-state index < -0.39 is 23.4 Å². The molecule has 1 heterocycles. The molecule has 0 unspecified atom stereocenters. The lowest BCUT2D eigenvalue weighted by atomic mass is 10.1. The molecule has 1 saturated heterocycles. The molecule has 0 aromatic heterocycles. The Morgan fingerprint density at radius 2 is 1.72 bits per heavy atom. The Morgan fingerprint density at radius 1 is 1.17 bits per heavy atom. The number of rotatable bonds is 2. The van der Waals surface area contributed by atoms with Crippen LogP contribution in [0.15, 0.2) is 12.1 Å². The molecule has 1 aliphatic rings. The molecule has 0 aliphatic carbocycles. The van der Waals surface area contributed by atoms with Crippen LogP contribution in [0.25, 0.3) is 0 Å². The average molecular weight is 259 g/mol. The van der Waals surface area contributed by atoms with Crippen LogP contribution in [-0.4, -0.2) is 25.2 Å². The first kappa shape index (κ1) is 12.9. The van der Waals surface area contributed by atoms with E-state index in [1.54, 1.807) is 0 Å². The highest BCUT2D eigenvalue weighted by Gasteiger charge is 2.21. The van der Waals surface area contributed by atoms with E-state index in [0.717, 1.165) is 13.1 Å². The van der Waals surface area contributed by atoms with Crippen molar-refractivity contribution >= 4 is 5.97 Å². The predicted octanol–water partition coefficient (Wildman–Crippen LogP) is 2.01. The molecule has 0 spiro atoms. The lowest BCUT2D eigenvalue weighted by molar-refractivity contribution is 0.0228. The maximum absolute atomic E-state index is 12.9. The van der Waals surface area contributed by atoms with Gasteiger partial charge in [0.05, 0.1) is 5.56 Å². The van der Waals surface area contributed by atoms with Crippen LogP contribution in [0.4, 0.5) is 13.2 Å². The fourth-order valence-corrected chi connectivity index (χ4v) is 1.81. The van der Waals surface area contributed by atoms with Gasteiger partial charge in [-0.2, -0.15) is 0 Å². The fourth-order valence-electron chi connectivity index (χ4n) is 1.81. The van der Waals surface area contributed by atoms with Crippen LogP contribution < -0.4 is 5.32 Å². The lowest BCUT2D eigenvalue weighted by Crippen LogP contribution is -2.33. The molecule has 1 aliphatic heterocycles. The Morgan fingerprint density at radius 3 is 2.28 bits per heavy atom. The van der Waals surface area contributed by atoms with E-state index in [2.05, 4.69) is 5.32 Å². The number of carbonyl (C=O) groups excluding carboxylic acids is 1. The summed E-state index contributed by atoms with van der Waals surface area (Å²) in [4.78, 5) is 11.6. The first-order chi connectivity index (χ1) is 8.58. The SMILES string of the molecule is O=C(OC1CCNCC1)c1cc(F)c(F)c(F)c1. The second-order valence-corrected chi connectivity index (χ2v) is 4.11. The van der Waals surface area contributed by atoms with E-state index in [9.17, 15) is 18.0 Å². The van der Waals surface area contributed by atoms with Crippen LogP contribution in [0.1, 0.15) is 23.2 Å². The third-order valence-electron chi connectivity index (χ3n) is 2.78. The number of hydrogen-bond acceptors (Lipinski definition) is 3. The summed E-state index contributed by atoms with van der Waals surface area (Å²) < 4.78 is 43.7. The van der Waals surface area contributed by atoms with E-state index in [1.807, 2.05) is 0 Å². The summed E-state index contributed by atoms with van der Waals surface area (Å²) >= 11 is 0. The molecule has 2 rings (SSSR count). The average Bonchev–Trinajstić information content (AvgIpc) is 2.36. The number of piperidine rings is 1. The van der Waals surface area contributed by atoms with Gasteiger partial charge in [0.15, 0.2) is 17.5 Å². The Labute approximate surface area is 102 Å². The summed E-state index contributed by atoms with van der Waals surface area (Å²) in [6, 6.07) is 1.28. The molecular formula is C12H12F3NO2. The topological polar surface area (TPSA) is 38.3 Å². The molecule has 1 N–H and O–H groups in total. The lowest BCUT2D eigenvalue weighted by Gasteiger charge is -2.22. The van der Waals surface area contributed by atoms with E-state index in [4.69, 9.17) is 4.74 Å². The summed E-state index contributed by atoms with van der Waals surface area (Å²) in [5.41, 5.74) is -0.315. The summed E-state index contributed by atoms with van der Waals surface area (Å²) in [5.74, 6) is -5.22. The van der Waals surface area contributed by atoms with Gasteiger partial charge in [-0.3, -0.25) is 0 Å². The van der Waals surface area contributed by atoms with Crippen molar-refractivity contribution in [2.24, 2.45) is 0 Å². The van der Waals surface area contributed by atoms with E-state index in [1.165, 1.54) is 0 Å². The van der Waals surface area contributed by atoms with Crippen LogP contribution in [0.3, 0.4) is 0 Å². The van der Waals surface area contributed by atoms with E-state index in [-0.39, 0.29) is 11.7 Å². The zero-order valence-electron chi connectivity index (χ0n) is 9.51. The maximum Gasteiger partial charge on any atom is 0.338 e. The van der Waals surface area contributed by atoms with Gasteiger partial charge in [-0.25, -0.2) is 18.0 Å². The van der Waals surface area contributed by atoms with Crippen molar-refractivity contribution in [3.63, 3.8) is 0 Å². The molecule has 1 aromatic rings. The third-order valence-corrected chi connectivity index (χ3v) is 2.78. The molecule has 0 saturated carbocycles. The number of benzene rings is 1. The highest BCUT2D eigenvalue weighted by atomic mass is 19.2. The predicted molar refractivity (Wildman–Crippen MR) is 57.6 cm³/mol. The van der Waals surface area contributed by atoms with E-state index >= 15 is 0 Å². The summed E-state index contributed by atoms with van der Waals surface area (Å²) in [7, 11) is 0. The van der Waals surface area contributed by atoms with Crippen molar-refractivity contribution in [2.75, 3.05) is 13.1 Å². The highest BCUT2D eigenvalue weighted by Crippen LogP contribution is 2.16. The number of carbonyl (C=O) groups is 1. The molecule has 1 aromatic carbocycles. The molecule has 98 valence electrons. The monoisotopic (exact) mass is 259 g/mol. The molecule has 0 atom stereocenters. The first-order valence-electron chi connectivity index (χ1n) is 5.64. The van der Waals surface area contributed by atoms with Crippen molar-refractivity contribution in [1.82, 2.24) is 5.32 Å². The minimum absolute atomic E-state index is 0.269. The smallest absolute Gasteiger partial charge is 0.338 e. The maximum atomic E-state index is 12.9. The van der Waals surface area contributed by atoms with Crippen molar-refractivity contribution in [3.05, 3.63) is 35.1 Å². The van der Waals surface area contributed by atoms with Gasteiger partial charge in [-0.1, -0.05) is 0 Å². The standard InChI is InChI=1S/C12H12F3NO2/c13-9-5-7(6-10(14)11(9)15)12(17)18-8-1-3-16-4-2-8/h5-6,8,16H,1-4H2. The van der Waals surface area contributed by atoms with Gasteiger partial charge < -0.3 is 10.1 Å². The quantitative estimate of drug-likeness (QED) is 0.652. The minimum Gasteiger partial charge on any atom is -0.459 e. The molecule has 6 heteroatoms. The molecule has 18 heavy (non-hydrogen) atoms. The molecule has 0 radical (unpaired) electrons. The summed E-state index contributed by atoms with van der Waals surface area (Å²) in [6.07, 6.45) is 1.03. The van der Waals surface area contributed by atoms with Gasteiger partial charge in [0.1, 0.15) is 6.10 Å². The Bertz CT molecular complexity index is 436. The van der Waals surface area contributed by atoms with Crippen molar-refractivity contribution in [2.45, 2.75) is 18.9 Å². The Kier molecular flexibility index (Phi) is 3.86. The van der Waals surface area contributed by atoms with Gasteiger partial charge in [-0.15, -0.1) is 0 Å². The molecule has 1 fully saturated rings. The largest absolute Gasteiger partial charge is 0.459 e. The number of halogens is 3. The summed E-state index contributed by atoms with van der Waals surface area (Å²) in [5, 5.41) is 3.09. The van der Waals surface area contributed by atoms with E-state index in [0.29, 0.717) is 25.0 Å². The van der Waals surface area contributed by atoms with Gasteiger partial charge in [0.2, 0.25) is 0 Å². The molecule has 0 bridgehead atoms. The van der Waals surface area contributed by atoms with Crippen LogP contribution in [0.2, 0.25) is 0 Å². The minimum atomic E-state index is -1.59. The number of nitrogens with one attached hydrogen (secondary N) is 1. The van der Waals surface area contributed by atoms with Gasteiger partial charge in [0.25, 0.3) is 0 Å². The Balaban J connectivity index is 2.08. The highest BCUT2D eigenvalue weighted by molar-refractivity contribution is 5.89. The van der Waals surface area contributed by atoms with Gasteiger partial charge >= 0.3 is 5.97 Å². The summed E-state index contributed by atoms with van der Waals surface area (Å²) in [6.45, 7) is 1.45. The molecule has 0 amide bonds. The van der Waals surface area contributed by atoms with Crippen LogP contribution in [0.5, 0.6) is 0 Å². The molecular weight excluding hydrogens is 247 g/mol. The van der Waals surface area contributed by atoms with Crippen molar-refractivity contribution < 1.29 is 22.7 Å². The molecule has 3 nitrogen and oxygen atoms in total. The number of ether oxygens (including phenoxy) is 1. The van der Waals surface area contributed by atoms with Crippen LogP contribution in [-0.2, 0) is 4.74 Å². The normalized spacial score (nSPS) is 16.6. The van der Waals surface area contributed by atoms with Crippen LogP contribution in [0, 0.1) is 17.5 Å². The Hall–Kier alpha value is -1.56. The third kappa shape index (κ3) is 2.81. The fraction of sp³-hybridized carbons (Fsp3) is 0.417. The second kappa shape index (κ2) is 5.39. The van der Waals surface area contributed by atoms with Crippen LogP contribution >= 0.6 is 0 Å². The second-order valence-electron chi connectivity index (χ2n) is 4.11. The zero-order valence-corrected chi connectivity index (χ0v) is 9.51. The number of hydrogen-bond donors (Lipinski definition) is 1. The van der Waals surface area contributed by atoms with Gasteiger partial charge in [0, 0.05) is 0 Å². The van der Waals surface area contributed by atoms with Gasteiger partial charge in [-0.05, 0) is 38.1 Å². The first-order valence-corrected chi connectivity index (χ1v) is 5.64. The van der Waals surface area contributed by atoms with Crippen molar-refractivity contribution in [3.8, 4) is 0 Å². The zero-order chi connectivity index (χ0) is 13.1. The van der Waals surface area contributed by atoms with Crippen molar-refractivity contribution in [1.29, 1.82) is 0 Å². The number of esters is 1.